The third-order valence-electron chi connectivity index (χ3n) is 5.45. The molecule has 33 heavy (non-hydrogen) atoms. The molecule has 1 atom stereocenters. The van der Waals surface area contributed by atoms with Crippen LogP contribution in [0.15, 0.2) is 83.3 Å². The summed E-state index contributed by atoms with van der Waals surface area (Å²) in [5.41, 5.74) is 0.845. The lowest BCUT2D eigenvalue weighted by atomic mass is 10.0. The number of hydrogen-bond acceptors (Lipinski definition) is 4. The molecule has 0 saturated carbocycles. The van der Waals surface area contributed by atoms with Crippen molar-refractivity contribution in [2.45, 2.75) is 19.1 Å². The van der Waals surface area contributed by atoms with E-state index in [1.807, 2.05) is 61.5 Å². The van der Waals surface area contributed by atoms with Crippen molar-refractivity contribution in [2.24, 2.45) is 0 Å². The standard InChI is InChI=1S/C27H27FN2O3/c1-30(2)17-16-24(20-10-12-21(28)13-11-20)29-27(31)26-15-14-22(33-26)18-32-25-9-5-7-19-6-3-4-8-23(19)25/h3-15,24H,16-18H2,1-2H3,(H,29,31). The maximum Gasteiger partial charge on any atom is 0.287 e. The van der Waals surface area contributed by atoms with Crippen LogP contribution in [0.1, 0.15) is 34.3 Å². The van der Waals surface area contributed by atoms with E-state index in [0.717, 1.165) is 28.6 Å². The Morgan fingerprint density at radius 2 is 1.76 bits per heavy atom. The Morgan fingerprint density at radius 1 is 1.00 bits per heavy atom. The summed E-state index contributed by atoms with van der Waals surface area (Å²) in [6, 6.07) is 23.2. The number of furan rings is 1. The number of benzene rings is 3. The van der Waals surface area contributed by atoms with Gasteiger partial charge in [0.2, 0.25) is 0 Å². The van der Waals surface area contributed by atoms with Gasteiger partial charge in [-0.25, -0.2) is 4.39 Å². The SMILES string of the molecule is CN(C)CCC(NC(=O)c1ccc(COc2cccc3ccccc23)o1)c1ccc(F)cc1. The zero-order chi connectivity index (χ0) is 23.2. The molecule has 4 rings (SSSR count). The second-order valence-corrected chi connectivity index (χ2v) is 8.20. The highest BCUT2D eigenvalue weighted by Gasteiger charge is 2.19. The van der Waals surface area contributed by atoms with E-state index in [1.54, 1.807) is 24.3 Å². The normalized spacial score (nSPS) is 12.1. The van der Waals surface area contributed by atoms with Gasteiger partial charge in [0.15, 0.2) is 5.76 Å². The molecule has 1 N–H and O–H groups in total. The highest BCUT2D eigenvalue weighted by Crippen LogP contribution is 2.26. The van der Waals surface area contributed by atoms with Gasteiger partial charge in [0, 0.05) is 5.39 Å². The zero-order valence-corrected chi connectivity index (χ0v) is 18.8. The predicted octanol–water partition coefficient (Wildman–Crippen LogP) is 5.57. The van der Waals surface area contributed by atoms with Gasteiger partial charge in [0.05, 0.1) is 6.04 Å². The van der Waals surface area contributed by atoms with Gasteiger partial charge in [0.1, 0.15) is 23.9 Å². The van der Waals surface area contributed by atoms with Crippen LogP contribution in [-0.4, -0.2) is 31.4 Å². The molecule has 1 unspecified atom stereocenters. The van der Waals surface area contributed by atoms with E-state index in [4.69, 9.17) is 9.15 Å². The number of carbonyl (C=O) groups excluding carboxylic acids is 1. The van der Waals surface area contributed by atoms with Crippen molar-refractivity contribution < 1.29 is 18.3 Å². The highest BCUT2D eigenvalue weighted by molar-refractivity contribution is 5.91. The lowest BCUT2D eigenvalue weighted by Crippen LogP contribution is -2.30. The molecule has 0 saturated heterocycles. The van der Waals surface area contributed by atoms with Crippen molar-refractivity contribution in [3.63, 3.8) is 0 Å². The first kappa shape index (κ1) is 22.6. The molecule has 0 aliphatic heterocycles. The fourth-order valence-corrected chi connectivity index (χ4v) is 3.68. The van der Waals surface area contributed by atoms with E-state index in [-0.39, 0.29) is 30.1 Å². The molecule has 3 aromatic carbocycles. The number of nitrogens with zero attached hydrogens (tertiary/aromatic N) is 1. The second kappa shape index (κ2) is 10.3. The van der Waals surface area contributed by atoms with E-state index in [0.29, 0.717) is 12.2 Å². The fraction of sp³-hybridized carbons (Fsp3) is 0.222. The number of ether oxygens (including phenoxy) is 1. The summed E-state index contributed by atoms with van der Waals surface area (Å²) in [6.45, 7) is 0.980. The molecule has 0 aliphatic rings. The third kappa shape index (κ3) is 5.79. The number of amides is 1. The van der Waals surface area contributed by atoms with Gasteiger partial charge in [-0.2, -0.15) is 0 Å². The maximum absolute atomic E-state index is 13.4. The van der Waals surface area contributed by atoms with Crippen LogP contribution in [0.3, 0.4) is 0 Å². The Morgan fingerprint density at radius 3 is 2.55 bits per heavy atom. The Labute approximate surface area is 192 Å². The van der Waals surface area contributed by atoms with E-state index in [1.165, 1.54) is 12.1 Å². The molecule has 0 bridgehead atoms. The molecule has 5 nitrogen and oxygen atoms in total. The monoisotopic (exact) mass is 446 g/mol. The molecule has 1 aromatic heterocycles. The lowest BCUT2D eigenvalue weighted by molar-refractivity contribution is 0.0900. The summed E-state index contributed by atoms with van der Waals surface area (Å²) in [7, 11) is 3.94. The van der Waals surface area contributed by atoms with Crippen LogP contribution in [0.25, 0.3) is 10.8 Å². The molecule has 170 valence electrons. The van der Waals surface area contributed by atoms with E-state index < -0.39 is 0 Å². The third-order valence-corrected chi connectivity index (χ3v) is 5.45. The summed E-state index contributed by atoms with van der Waals surface area (Å²) in [5.74, 6) is 0.900. The minimum Gasteiger partial charge on any atom is -0.485 e. The second-order valence-electron chi connectivity index (χ2n) is 8.20. The summed E-state index contributed by atoms with van der Waals surface area (Å²) < 4.78 is 25.1. The number of fused-ring (bicyclic) bond motifs is 1. The Bertz CT molecular complexity index is 1210. The van der Waals surface area contributed by atoms with Crippen LogP contribution in [0, 0.1) is 5.82 Å². The van der Waals surface area contributed by atoms with Gasteiger partial charge >= 0.3 is 0 Å². The van der Waals surface area contributed by atoms with Crippen LogP contribution in [0.5, 0.6) is 5.75 Å². The maximum atomic E-state index is 13.4. The molecule has 0 spiro atoms. The van der Waals surface area contributed by atoms with Crippen molar-refractivity contribution >= 4 is 16.7 Å². The molecule has 4 aromatic rings. The molecule has 0 radical (unpaired) electrons. The van der Waals surface area contributed by atoms with Crippen LogP contribution in [-0.2, 0) is 6.61 Å². The van der Waals surface area contributed by atoms with Gasteiger partial charge in [-0.3, -0.25) is 4.79 Å². The van der Waals surface area contributed by atoms with Crippen LogP contribution in [0.4, 0.5) is 4.39 Å². The molecule has 6 heteroatoms. The van der Waals surface area contributed by atoms with Gasteiger partial charge < -0.3 is 19.4 Å². The summed E-state index contributed by atoms with van der Waals surface area (Å²) >= 11 is 0. The number of halogens is 1. The minimum atomic E-state index is -0.320. The average molecular weight is 447 g/mol. The summed E-state index contributed by atoms with van der Waals surface area (Å²) in [5, 5.41) is 5.13. The van der Waals surface area contributed by atoms with Crippen LogP contribution < -0.4 is 10.1 Å². The van der Waals surface area contributed by atoms with E-state index in [9.17, 15) is 9.18 Å². The molecule has 1 amide bonds. The molecular formula is C27H27FN2O3. The largest absolute Gasteiger partial charge is 0.485 e. The zero-order valence-electron chi connectivity index (χ0n) is 18.8. The first-order valence-corrected chi connectivity index (χ1v) is 10.9. The number of rotatable bonds is 9. The van der Waals surface area contributed by atoms with E-state index >= 15 is 0 Å². The van der Waals surface area contributed by atoms with Crippen molar-refractivity contribution in [1.82, 2.24) is 10.2 Å². The quantitative estimate of drug-likeness (QED) is 0.365. The van der Waals surface area contributed by atoms with Crippen LogP contribution >= 0.6 is 0 Å². The highest BCUT2D eigenvalue weighted by atomic mass is 19.1. The topological polar surface area (TPSA) is 54.7 Å². The number of carbonyl (C=O) groups is 1. The average Bonchev–Trinajstić information content (AvgIpc) is 3.30. The number of nitrogens with one attached hydrogen (secondary N) is 1. The van der Waals surface area contributed by atoms with Crippen molar-refractivity contribution in [3.8, 4) is 5.75 Å². The summed E-state index contributed by atoms with van der Waals surface area (Å²) in [4.78, 5) is 14.9. The van der Waals surface area contributed by atoms with Gasteiger partial charge in [-0.15, -0.1) is 0 Å². The Hall–Kier alpha value is -3.64. The van der Waals surface area contributed by atoms with Gasteiger partial charge in [-0.1, -0.05) is 48.5 Å². The van der Waals surface area contributed by atoms with Crippen LogP contribution in [0.2, 0.25) is 0 Å². The molecule has 1 heterocycles. The fourth-order valence-electron chi connectivity index (χ4n) is 3.68. The van der Waals surface area contributed by atoms with Gasteiger partial charge in [-0.05, 0) is 68.3 Å². The molecule has 0 fully saturated rings. The van der Waals surface area contributed by atoms with Crippen molar-refractivity contribution in [2.75, 3.05) is 20.6 Å². The Balaban J connectivity index is 1.43. The smallest absolute Gasteiger partial charge is 0.287 e. The Kier molecular flexibility index (Phi) is 7.05. The van der Waals surface area contributed by atoms with E-state index in [2.05, 4.69) is 5.32 Å². The first-order valence-electron chi connectivity index (χ1n) is 10.9. The minimum absolute atomic E-state index is 0.212. The van der Waals surface area contributed by atoms with Gasteiger partial charge in [0.25, 0.3) is 5.91 Å². The van der Waals surface area contributed by atoms with Crippen molar-refractivity contribution in [1.29, 1.82) is 0 Å². The molecule has 0 aliphatic carbocycles. The lowest BCUT2D eigenvalue weighted by Gasteiger charge is -2.21. The predicted molar refractivity (Wildman–Crippen MR) is 127 cm³/mol. The number of hydrogen-bond donors (Lipinski definition) is 1. The molecular weight excluding hydrogens is 419 g/mol. The summed E-state index contributed by atoms with van der Waals surface area (Å²) in [6.07, 6.45) is 0.683. The van der Waals surface area contributed by atoms with Crippen molar-refractivity contribution in [3.05, 3.63) is 102 Å². The first-order chi connectivity index (χ1) is 16.0.